The molecular formula is C27H29N5O8. The lowest BCUT2D eigenvalue weighted by molar-refractivity contribution is -0.136. The van der Waals surface area contributed by atoms with Gasteiger partial charge in [0.25, 0.3) is 0 Å². The summed E-state index contributed by atoms with van der Waals surface area (Å²) < 4.78 is 12.5. The third-order valence-corrected chi connectivity index (χ3v) is 7.54. The maximum atomic E-state index is 13.9. The summed E-state index contributed by atoms with van der Waals surface area (Å²) in [5.74, 6) is -2.88. The second kappa shape index (κ2) is 9.90. The SMILES string of the molecule is CC(=O)c1c(O)c(C)c(O)c2c1OC1=CC(=O)/C(=C(/C)NCc3cn(CC(=O)N4CCOCC4)nn3)C(=O)C12C. The third-order valence-electron chi connectivity index (χ3n) is 7.54. The fourth-order valence-electron chi connectivity index (χ4n) is 5.22. The van der Waals surface area contributed by atoms with Crippen LogP contribution >= 0.6 is 0 Å². The Morgan fingerprint density at radius 2 is 1.85 bits per heavy atom. The number of Topliss-reactive ketones (excluding diaryl/α,β-unsaturated/α-hetero) is 2. The molecule has 0 saturated carbocycles. The Bertz CT molecular complexity index is 1530. The Morgan fingerprint density at radius 3 is 2.52 bits per heavy atom. The number of aromatic hydroxyl groups is 2. The molecule has 0 spiro atoms. The van der Waals surface area contributed by atoms with Gasteiger partial charge in [-0.05, 0) is 27.7 Å². The number of benzene rings is 1. The normalized spacial score (nSPS) is 21.4. The van der Waals surface area contributed by atoms with Crippen LogP contribution in [0.5, 0.6) is 17.2 Å². The van der Waals surface area contributed by atoms with E-state index in [9.17, 15) is 29.4 Å². The van der Waals surface area contributed by atoms with Crippen molar-refractivity contribution in [2.45, 2.75) is 46.2 Å². The van der Waals surface area contributed by atoms with Crippen LogP contribution < -0.4 is 10.1 Å². The van der Waals surface area contributed by atoms with E-state index in [0.29, 0.717) is 32.0 Å². The molecule has 1 amide bonds. The number of rotatable bonds is 6. The van der Waals surface area contributed by atoms with E-state index in [0.717, 1.165) is 6.08 Å². The van der Waals surface area contributed by atoms with Crippen molar-refractivity contribution in [1.29, 1.82) is 0 Å². The van der Waals surface area contributed by atoms with Crippen LogP contribution in [-0.4, -0.2) is 79.7 Å². The predicted octanol–water partition coefficient (Wildman–Crippen LogP) is 0.809. The van der Waals surface area contributed by atoms with Crippen LogP contribution in [0.1, 0.15) is 48.0 Å². The molecule has 3 heterocycles. The number of carbonyl (C=O) groups is 4. The molecule has 1 aromatic carbocycles. The average Bonchev–Trinajstić information content (AvgIpc) is 3.48. The molecule has 1 unspecified atom stereocenters. The van der Waals surface area contributed by atoms with Crippen LogP contribution in [-0.2, 0) is 37.6 Å². The molecular weight excluding hydrogens is 522 g/mol. The van der Waals surface area contributed by atoms with Crippen LogP contribution in [0.4, 0.5) is 0 Å². The summed E-state index contributed by atoms with van der Waals surface area (Å²) in [7, 11) is 0. The molecule has 40 heavy (non-hydrogen) atoms. The average molecular weight is 552 g/mol. The first-order valence-electron chi connectivity index (χ1n) is 12.7. The lowest BCUT2D eigenvalue weighted by atomic mass is 9.70. The number of ether oxygens (including phenoxy) is 2. The van der Waals surface area contributed by atoms with Gasteiger partial charge in [-0.25, -0.2) is 4.68 Å². The highest BCUT2D eigenvalue weighted by Crippen LogP contribution is 2.57. The van der Waals surface area contributed by atoms with E-state index in [4.69, 9.17) is 9.47 Å². The quantitative estimate of drug-likeness (QED) is 0.263. The summed E-state index contributed by atoms with van der Waals surface area (Å²) >= 11 is 0. The van der Waals surface area contributed by atoms with Crippen molar-refractivity contribution in [3.63, 3.8) is 0 Å². The Labute approximate surface area is 229 Å². The number of phenolic OH excluding ortho intramolecular Hbond substituents is 2. The third kappa shape index (κ3) is 4.22. The molecule has 1 aliphatic carbocycles. The topological polar surface area (TPSA) is 173 Å². The number of hydrogen-bond donors (Lipinski definition) is 3. The minimum Gasteiger partial charge on any atom is -0.507 e. The lowest BCUT2D eigenvalue weighted by Crippen LogP contribution is -2.42. The Morgan fingerprint density at radius 1 is 1.15 bits per heavy atom. The van der Waals surface area contributed by atoms with Gasteiger partial charge in [0.15, 0.2) is 17.3 Å². The maximum Gasteiger partial charge on any atom is 0.244 e. The van der Waals surface area contributed by atoms with E-state index in [-0.39, 0.29) is 64.2 Å². The van der Waals surface area contributed by atoms with Crippen molar-refractivity contribution in [2.75, 3.05) is 26.3 Å². The minimum absolute atomic E-state index is 0.0231. The molecule has 3 aliphatic rings. The van der Waals surface area contributed by atoms with Gasteiger partial charge in [-0.2, -0.15) is 0 Å². The van der Waals surface area contributed by atoms with Crippen LogP contribution in [0.15, 0.2) is 29.3 Å². The van der Waals surface area contributed by atoms with E-state index >= 15 is 0 Å². The van der Waals surface area contributed by atoms with E-state index in [1.807, 2.05) is 0 Å². The fraction of sp³-hybridized carbons (Fsp3) is 0.407. The van der Waals surface area contributed by atoms with Crippen LogP contribution in [0.3, 0.4) is 0 Å². The van der Waals surface area contributed by atoms with Crippen LogP contribution in [0.25, 0.3) is 0 Å². The highest BCUT2D eigenvalue weighted by molar-refractivity contribution is 6.31. The molecule has 13 nitrogen and oxygen atoms in total. The van der Waals surface area contributed by atoms with Gasteiger partial charge in [0.1, 0.15) is 46.2 Å². The van der Waals surface area contributed by atoms with Gasteiger partial charge in [-0.1, -0.05) is 5.21 Å². The number of allylic oxidation sites excluding steroid dienone is 4. The molecule has 3 N–H and O–H groups in total. The number of nitrogens with zero attached hydrogens (tertiary/aromatic N) is 4. The predicted molar refractivity (Wildman–Crippen MR) is 138 cm³/mol. The summed E-state index contributed by atoms with van der Waals surface area (Å²) in [6.07, 6.45) is 2.76. The molecule has 13 heteroatoms. The molecule has 1 aromatic heterocycles. The summed E-state index contributed by atoms with van der Waals surface area (Å²) in [6, 6.07) is 0. The molecule has 0 radical (unpaired) electrons. The molecule has 5 rings (SSSR count). The monoisotopic (exact) mass is 551 g/mol. The largest absolute Gasteiger partial charge is 0.507 e. The van der Waals surface area contributed by atoms with E-state index in [2.05, 4.69) is 15.6 Å². The minimum atomic E-state index is -1.60. The smallest absolute Gasteiger partial charge is 0.244 e. The number of morpholine rings is 1. The molecule has 1 saturated heterocycles. The number of nitrogens with one attached hydrogen (secondary N) is 1. The van der Waals surface area contributed by atoms with E-state index in [1.54, 1.807) is 18.0 Å². The lowest BCUT2D eigenvalue weighted by Gasteiger charge is -2.29. The van der Waals surface area contributed by atoms with Crippen molar-refractivity contribution < 1.29 is 38.9 Å². The fourth-order valence-corrected chi connectivity index (χ4v) is 5.22. The summed E-state index contributed by atoms with van der Waals surface area (Å²) in [4.78, 5) is 53.4. The standard InChI is InChI=1S/C27H29N5O8/c1-13-23(36)21(15(3)33)25-22(24(13)37)27(4)18(40-25)9-17(34)20(26(27)38)14(2)28-10-16-11-32(30-29-16)12-19(35)31-5-7-39-8-6-31/h9,11,28,36-37H,5-8,10,12H2,1-4H3/b20-14+. The van der Waals surface area contributed by atoms with Gasteiger partial charge in [-0.15, -0.1) is 5.10 Å². The maximum absolute atomic E-state index is 13.9. The second-order valence-corrected chi connectivity index (χ2v) is 10.1. The van der Waals surface area contributed by atoms with Gasteiger partial charge in [0.05, 0.1) is 37.1 Å². The first kappa shape index (κ1) is 27.1. The van der Waals surface area contributed by atoms with E-state index in [1.165, 1.54) is 25.5 Å². The molecule has 2 aromatic rings. The molecule has 1 fully saturated rings. The number of amides is 1. The zero-order valence-electron chi connectivity index (χ0n) is 22.5. The number of carbonyl (C=O) groups excluding carboxylic acids is 4. The number of phenols is 2. The second-order valence-electron chi connectivity index (χ2n) is 10.1. The number of hydrogen-bond acceptors (Lipinski definition) is 11. The molecule has 0 bridgehead atoms. The summed E-state index contributed by atoms with van der Waals surface area (Å²) in [6.45, 7) is 7.91. The summed E-state index contributed by atoms with van der Waals surface area (Å²) in [5, 5.41) is 32.5. The molecule has 1 atom stereocenters. The Hall–Kier alpha value is -4.52. The zero-order chi connectivity index (χ0) is 28.9. The van der Waals surface area contributed by atoms with Crippen molar-refractivity contribution in [3.05, 3.63) is 51.7 Å². The first-order chi connectivity index (χ1) is 18.9. The zero-order valence-corrected chi connectivity index (χ0v) is 22.5. The van der Waals surface area contributed by atoms with Crippen molar-refractivity contribution in [3.8, 4) is 17.2 Å². The Balaban J connectivity index is 1.39. The van der Waals surface area contributed by atoms with Crippen LogP contribution in [0.2, 0.25) is 0 Å². The number of fused-ring (bicyclic) bond motifs is 3. The van der Waals surface area contributed by atoms with Gasteiger partial charge >= 0.3 is 0 Å². The highest BCUT2D eigenvalue weighted by Gasteiger charge is 2.56. The van der Waals surface area contributed by atoms with Gasteiger partial charge in [0, 0.05) is 30.4 Å². The highest BCUT2D eigenvalue weighted by atomic mass is 16.5. The van der Waals surface area contributed by atoms with Crippen molar-refractivity contribution in [1.82, 2.24) is 25.2 Å². The first-order valence-corrected chi connectivity index (χ1v) is 12.7. The van der Waals surface area contributed by atoms with Gasteiger partial charge < -0.3 is 29.9 Å². The van der Waals surface area contributed by atoms with Gasteiger partial charge in [0.2, 0.25) is 5.91 Å². The Kier molecular flexibility index (Phi) is 6.70. The van der Waals surface area contributed by atoms with E-state index < -0.39 is 28.5 Å². The van der Waals surface area contributed by atoms with Gasteiger partial charge in [-0.3, -0.25) is 19.2 Å². The number of aromatic nitrogens is 3. The summed E-state index contributed by atoms with van der Waals surface area (Å²) in [5.41, 5.74) is -1.12. The van der Waals surface area contributed by atoms with Crippen LogP contribution in [0, 0.1) is 6.92 Å². The molecule has 210 valence electrons. The van der Waals surface area contributed by atoms with Crippen molar-refractivity contribution >= 4 is 23.3 Å². The number of ketones is 3. The molecule has 2 aliphatic heterocycles. The van der Waals surface area contributed by atoms with Crippen molar-refractivity contribution in [2.24, 2.45) is 0 Å².